The standard InChI is InChI=1S/C14H18Cl2N2/c1-4-11-9(3)18(17-13(11)5-2)14-7-6-10(15)8-12(14)16/h6-9,11H,4-5H2,1-3H3. The van der Waals surface area contributed by atoms with E-state index < -0.39 is 0 Å². The molecular formula is C14H18Cl2N2. The van der Waals surface area contributed by atoms with E-state index in [4.69, 9.17) is 28.3 Å². The second-order valence-corrected chi connectivity index (χ2v) is 5.48. The Morgan fingerprint density at radius 2 is 2.00 bits per heavy atom. The molecule has 1 aliphatic rings. The summed E-state index contributed by atoms with van der Waals surface area (Å²) in [5, 5.41) is 8.07. The number of hydrogen-bond acceptors (Lipinski definition) is 2. The average molecular weight is 285 g/mol. The minimum Gasteiger partial charge on any atom is -0.261 e. The van der Waals surface area contributed by atoms with Crippen molar-refractivity contribution in [1.82, 2.24) is 0 Å². The molecule has 18 heavy (non-hydrogen) atoms. The predicted octanol–water partition coefficient (Wildman–Crippen LogP) is 4.99. The predicted molar refractivity (Wildman–Crippen MR) is 79.9 cm³/mol. The molecule has 0 amide bonds. The number of anilines is 1. The summed E-state index contributed by atoms with van der Waals surface area (Å²) in [6.07, 6.45) is 2.10. The van der Waals surface area contributed by atoms with E-state index in [9.17, 15) is 0 Å². The van der Waals surface area contributed by atoms with Crippen LogP contribution in [0.4, 0.5) is 5.69 Å². The van der Waals surface area contributed by atoms with E-state index in [-0.39, 0.29) is 0 Å². The summed E-state index contributed by atoms with van der Waals surface area (Å²) in [6.45, 7) is 6.56. The maximum absolute atomic E-state index is 6.26. The molecule has 0 N–H and O–H groups in total. The Kier molecular flexibility index (Phi) is 4.18. The Hall–Kier alpha value is -0.730. The Bertz CT molecular complexity index is 471. The van der Waals surface area contributed by atoms with Crippen molar-refractivity contribution in [2.45, 2.75) is 39.7 Å². The summed E-state index contributed by atoms with van der Waals surface area (Å²) >= 11 is 12.2. The van der Waals surface area contributed by atoms with E-state index in [1.165, 1.54) is 5.71 Å². The van der Waals surface area contributed by atoms with Gasteiger partial charge in [0, 0.05) is 16.7 Å². The van der Waals surface area contributed by atoms with Crippen molar-refractivity contribution >= 4 is 34.6 Å². The maximum atomic E-state index is 6.26. The number of rotatable bonds is 3. The number of benzene rings is 1. The number of hydrogen-bond donors (Lipinski definition) is 0. The largest absolute Gasteiger partial charge is 0.261 e. The second kappa shape index (κ2) is 5.50. The lowest BCUT2D eigenvalue weighted by Crippen LogP contribution is -2.30. The van der Waals surface area contributed by atoms with Crippen molar-refractivity contribution < 1.29 is 0 Å². The molecule has 1 heterocycles. The first-order chi connectivity index (χ1) is 8.58. The molecular weight excluding hydrogens is 267 g/mol. The molecule has 0 saturated carbocycles. The molecule has 4 heteroatoms. The van der Waals surface area contributed by atoms with E-state index in [2.05, 4.69) is 20.8 Å². The van der Waals surface area contributed by atoms with Gasteiger partial charge in [-0.25, -0.2) is 0 Å². The van der Waals surface area contributed by atoms with Crippen LogP contribution in [0.5, 0.6) is 0 Å². The molecule has 1 aromatic carbocycles. The van der Waals surface area contributed by atoms with Gasteiger partial charge in [0.05, 0.1) is 16.8 Å². The maximum Gasteiger partial charge on any atom is 0.0784 e. The molecule has 0 radical (unpaired) electrons. The van der Waals surface area contributed by atoms with Gasteiger partial charge in [-0.05, 0) is 38.0 Å². The van der Waals surface area contributed by atoms with Crippen molar-refractivity contribution in [3.8, 4) is 0 Å². The summed E-state index contributed by atoms with van der Waals surface area (Å²) < 4.78 is 0. The van der Waals surface area contributed by atoms with Gasteiger partial charge >= 0.3 is 0 Å². The molecule has 0 spiro atoms. The van der Waals surface area contributed by atoms with Crippen molar-refractivity contribution in [3.05, 3.63) is 28.2 Å². The quantitative estimate of drug-likeness (QED) is 0.763. The van der Waals surface area contributed by atoms with Gasteiger partial charge < -0.3 is 0 Å². The zero-order valence-corrected chi connectivity index (χ0v) is 12.5. The molecule has 0 saturated heterocycles. The Morgan fingerprint density at radius 3 is 2.50 bits per heavy atom. The van der Waals surface area contributed by atoms with E-state index >= 15 is 0 Å². The Morgan fingerprint density at radius 1 is 1.28 bits per heavy atom. The fourth-order valence-corrected chi connectivity index (χ4v) is 3.10. The first-order valence-electron chi connectivity index (χ1n) is 6.40. The topological polar surface area (TPSA) is 15.6 Å². The molecule has 2 atom stereocenters. The first-order valence-corrected chi connectivity index (χ1v) is 7.15. The van der Waals surface area contributed by atoms with Crippen LogP contribution in [0.15, 0.2) is 23.3 Å². The summed E-state index contributed by atoms with van der Waals surface area (Å²) in [4.78, 5) is 0. The highest BCUT2D eigenvalue weighted by Crippen LogP contribution is 2.36. The van der Waals surface area contributed by atoms with E-state index in [1.54, 1.807) is 6.07 Å². The lowest BCUT2D eigenvalue weighted by Gasteiger charge is -2.24. The number of nitrogens with zero attached hydrogens (tertiary/aromatic N) is 2. The summed E-state index contributed by atoms with van der Waals surface area (Å²) in [5.41, 5.74) is 2.20. The third-order valence-corrected chi connectivity index (χ3v) is 4.13. The molecule has 0 bridgehead atoms. The Balaban J connectivity index is 2.37. The molecule has 1 aromatic rings. The van der Waals surface area contributed by atoms with Crippen LogP contribution in [0, 0.1) is 5.92 Å². The van der Waals surface area contributed by atoms with Crippen LogP contribution in [0.1, 0.15) is 33.6 Å². The summed E-state index contributed by atoms with van der Waals surface area (Å²) in [6, 6.07) is 5.92. The van der Waals surface area contributed by atoms with Gasteiger partial charge in [0.1, 0.15) is 0 Å². The van der Waals surface area contributed by atoms with Crippen LogP contribution in [0.25, 0.3) is 0 Å². The van der Waals surface area contributed by atoms with Gasteiger partial charge in [-0.3, -0.25) is 5.01 Å². The fourth-order valence-electron chi connectivity index (χ4n) is 2.60. The van der Waals surface area contributed by atoms with Gasteiger partial charge in [-0.2, -0.15) is 5.10 Å². The van der Waals surface area contributed by atoms with Gasteiger partial charge in [-0.1, -0.05) is 37.0 Å². The highest BCUT2D eigenvalue weighted by atomic mass is 35.5. The molecule has 1 aliphatic heterocycles. The van der Waals surface area contributed by atoms with E-state index in [0.29, 0.717) is 22.0 Å². The minimum atomic E-state index is 0.351. The molecule has 98 valence electrons. The Labute approximate surface area is 119 Å². The molecule has 2 nitrogen and oxygen atoms in total. The number of hydrazone groups is 1. The smallest absolute Gasteiger partial charge is 0.0784 e. The van der Waals surface area contributed by atoms with Crippen LogP contribution in [-0.2, 0) is 0 Å². The van der Waals surface area contributed by atoms with Crippen molar-refractivity contribution in [1.29, 1.82) is 0 Å². The van der Waals surface area contributed by atoms with Crippen molar-refractivity contribution in [2.75, 3.05) is 5.01 Å². The zero-order valence-electron chi connectivity index (χ0n) is 11.0. The lowest BCUT2D eigenvalue weighted by atomic mass is 9.92. The van der Waals surface area contributed by atoms with Gasteiger partial charge in [0.25, 0.3) is 0 Å². The van der Waals surface area contributed by atoms with E-state index in [1.807, 2.05) is 17.1 Å². The highest BCUT2D eigenvalue weighted by Gasteiger charge is 2.33. The van der Waals surface area contributed by atoms with Gasteiger partial charge in [0.15, 0.2) is 0 Å². The van der Waals surface area contributed by atoms with Crippen molar-refractivity contribution in [3.63, 3.8) is 0 Å². The van der Waals surface area contributed by atoms with Crippen LogP contribution >= 0.6 is 23.2 Å². The van der Waals surface area contributed by atoms with Crippen LogP contribution in [-0.4, -0.2) is 11.8 Å². The van der Waals surface area contributed by atoms with E-state index in [0.717, 1.165) is 18.5 Å². The second-order valence-electron chi connectivity index (χ2n) is 4.64. The molecule has 2 unspecified atom stereocenters. The SMILES string of the molecule is CCC1=NN(c2ccc(Cl)cc2Cl)C(C)C1CC. The summed E-state index contributed by atoms with van der Waals surface area (Å²) in [7, 11) is 0. The third-order valence-electron chi connectivity index (χ3n) is 3.59. The van der Waals surface area contributed by atoms with Crippen LogP contribution < -0.4 is 5.01 Å². The lowest BCUT2D eigenvalue weighted by molar-refractivity contribution is 0.547. The fraction of sp³-hybridized carbons (Fsp3) is 0.500. The molecule has 0 aliphatic carbocycles. The molecule has 0 aromatic heterocycles. The van der Waals surface area contributed by atoms with Crippen molar-refractivity contribution in [2.24, 2.45) is 11.0 Å². The number of halogens is 2. The average Bonchev–Trinajstić information content (AvgIpc) is 2.66. The molecule has 2 rings (SSSR count). The first kappa shape index (κ1) is 13.7. The van der Waals surface area contributed by atoms with Gasteiger partial charge in [0.2, 0.25) is 0 Å². The van der Waals surface area contributed by atoms with Gasteiger partial charge in [-0.15, -0.1) is 0 Å². The monoisotopic (exact) mass is 284 g/mol. The zero-order chi connectivity index (χ0) is 13.3. The summed E-state index contributed by atoms with van der Waals surface area (Å²) in [5.74, 6) is 0.516. The minimum absolute atomic E-state index is 0.351. The third kappa shape index (κ3) is 2.36. The highest BCUT2D eigenvalue weighted by molar-refractivity contribution is 6.36. The normalized spacial score (nSPS) is 23.4. The van der Waals surface area contributed by atoms with Crippen LogP contribution in [0.3, 0.4) is 0 Å². The molecule has 0 fully saturated rings. The van der Waals surface area contributed by atoms with Crippen LogP contribution in [0.2, 0.25) is 10.0 Å².